The van der Waals surface area contributed by atoms with E-state index in [1.54, 1.807) is 12.1 Å². The number of H-pyrrole nitrogens is 1. The Hall–Kier alpha value is -3.54. The van der Waals surface area contributed by atoms with E-state index in [-0.39, 0.29) is 27.9 Å². The molecule has 6 heteroatoms. The van der Waals surface area contributed by atoms with Gasteiger partial charge in [-0.1, -0.05) is 24.3 Å². The van der Waals surface area contributed by atoms with E-state index >= 15 is 0 Å². The Balaban J connectivity index is 2.06. The maximum atomic E-state index is 13.5. The number of hydrogen-bond donors (Lipinski definition) is 2. The number of fused-ring (bicyclic) bond motifs is 2. The molecule has 0 fully saturated rings. The van der Waals surface area contributed by atoms with Gasteiger partial charge in [-0.25, -0.2) is 14.2 Å². The zero-order valence-electron chi connectivity index (χ0n) is 12.8. The molecular formula is C19H11FN2O3. The summed E-state index contributed by atoms with van der Waals surface area (Å²) in [6.07, 6.45) is 0. The molecule has 2 N–H and O–H groups in total. The van der Waals surface area contributed by atoms with Gasteiger partial charge in [0.05, 0.1) is 16.5 Å². The summed E-state index contributed by atoms with van der Waals surface area (Å²) < 4.78 is 13.5. The van der Waals surface area contributed by atoms with Gasteiger partial charge in [0.1, 0.15) is 11.6 Å². The Kier molecular flexibility index (Phi) is 3.32. The lowest BCUT2D eigenvalue weighted by Gasteiger charge is -2.09. The maximum absolute atomic E-state index is 13.5. The molecule has 0 atom stereocenters. The minimum absolute atomic E-state index is 0.0117. The van der Waals surface area contributed by atoms with Crippen molar-refractivity contribution in [3.8, 4) is 11.4 Å². The zero-order chi connectivity index (χ0) is 17.6. The van der Waals surface area contributed by atoms with Crippen molar-refractivity contribution >= 4 is 27.6 Å². The second-order valence-electron chi connectivity index (χ2n) is 5.63. The average molecular weight is 334 g/mol. The van der Waals surface area contributed by atoms with Crippen molar-refractivity contribution in [2.75, 3.05) is 0 Å². The number of halogens is 1. The molecule has 5 nitrogen and oxygen atoms in total. The van der Waals surface area contributed by atoms with Crippen molar-refractivity contribution in [3.63, 3.8) is 0 Å². The van der Waals surface area contributed by atoms with Gasteiger partial charge in [-0.3, -0.25) is 4.79 Å². The molecule has 4 rings (SSSR count). The van der Waals surface area contributed by atoms with Gasteiger partial charge in [0.2, 0.25) is 0 Å². The number of benzene rings is 3. The second kappa shape index (κ2) is 5.52. The minimum Gasteiger partial charge on any atom is -0.478 e. The molecule has 0 aliphatic heterocycles. The van der Waals surface area contributed by atoms with Crippen LogP contribution in [0.1, 0.15) is 10.4 Å². The normalized spacial score (nSPS) is 11.1. The number of rotatable bonds is 2. The van der Waals surface area contributed by atoms with Crippen LogP contribution in [0.5, 0.6) is 0 Å². The summed E-state index contributed by atoms with van der Waals surface area (Å²) >= 11 is 0. The van der Waals surface area contributed by atoms with E-state index in [0.717, 1.165) is 16.8 Å². The summed E-state index contributed by atoms with van der Waals surface area (Å²) in [5.41, 5.74) is -0.000177. The van der Waals surface area contributed by atoms with Crippen LogP contribution < -0.4 is 5.56 Å². The predicted molar refractivity (Wildman–Crippen MR) is 92.2 cm³/mol. The summed E-state index contributed by atoms with van der Waals surface area (Å²) in [6, 6.07) is 14.1. The number of aromatic amines is 1. The quantitative estimate of drug-likeness (QED) is 0.587. The van der Waals surface area contributed by atoms with Crippen LogP contribution in [0.15, 0.2) is 59.4 Å². The van der Waals surface area contributed by atoms with E-state index < -0.39 is 17.3 Å². The monoisotopic (exact) mass is 334 g/mol. The van der Waals surface area contributed by atoms with Crippen molar-refractivity contribution in [2.45, 2.75) is 0 Å². The van der Waals surface area contributed by atoms with Gasteiger partial charge in [0.15, 0.2) is 0 Å². The highest BCUT2D eigenvalue weighted by atomic mass is 19.1. The molecule has 0 saturated heterocycles. The number of hydrogen-bond acceptors (Lipinski definition) is 3. The van der Waals surface area contributed by atoms with Gasteiger partial charge >= 0.3 is 5.97 Å². The van der Waals surface area contributed by atoms with Crippen LogP contribution in [0.4, 0.5) is 4.39 Å². The third-order valence-corrected chi connectivity index (χ3v) is 4.04. The number of carboxylic acid groups (broad SMARTS) is 1. The molecule has 0 bridgehead atoms. The minimum atomic E-state index is -1.14. The molecule has 0 aliphatic rings. The average Bonchev–Trinajstić information content (AvgIpc) is 2.60. The number of aromatic nitrogens is 2. The van der Waals surface area contributed by atoms with Crippen LogP contribution in [0.3, 0.4) is 0 Å². The second-order valence-corrected chi connectivity index (χ2v) is 5.63. The molecule has 0 aliphatic carbocycles. The molecule has 3 aromatic carbocycles. The SMILES string of the molecule is O=C(O)c1cc2ccccc2cc1-c1nc2cc(F)ccc2c(=O)[nH]1. The summed E-state index contributed by atoms with van der Waals surface area (Å²) in [5, 5.41) is 11.3. The third kappa shape index (κ3) is 2.53. The van der Waals surface area contributed by atoms with Crippen LogP contribution in [-0.4, -0.2) is 21.0 Å². The predicted octanol–water partition coefficient (Wildman–Crippen LogP) is 3.58. The van der Waals surface area contributed by atoms with Gasteiger partial charge in [0, 0.05) is 11.6 Å². The van der Waals surface area contributed by atoms with Crippen molar-refractivity contribution in [3.05, 3.63) is 76.3 Å². The van der Waals surface area contributed by atoms with E-state index in [2.05, 4.69) is 9.97 Å². The summed E-state index contributed by atoms with van der Waals surface area (Å²) in [7, 11) is 0. The topological polar surface area (TPSA) is 83.0 Å². The Morgan fingerprint density at radius 3 is 2.48 bits per heavy atom. The molecule has 0 saturated carbocycles. The first-order valence-electron chi connectivity index (χ1n) is 7.49. The Labute approximate surface area is 140 Å². The first-order chi connectivity index (χ1) is 12.0. The lowest BCUT2D eigenvalue weighted by Crippen LogP contribution is -2.11. The molecule has 25 heavy (non-hydrogen) atoms. The Morgan fingerprint density at radius 2 is 1.76 bits per heavy atom. The first-order valence-corrected chi connectivity index (χ1v) is 7.49. The van der Waals surface area contributed by atoms with E-state index in [4.69, 9.17) is 0 Å². The van der Waals surface area contributed by atoms with Gasteiger partial charge < -0.3 is 10.1 Å². The van der Waals surface area contributed by atoms with Gasteiger partial charge in [-0.15, -0.1) is 0 Å². The van der Waals surface area contributed by atoms with Crippen molar-refractivity contribution in [2.24, 2.45) is 0 Å². The first kappa shape index (κ1) is 15.0. The Bertz CT molecular complexity index is 1210. The van der Waals surface area contributed by atoms with Crippen LogP contribution in [0.25, 0.3) is 33.1 Å². The van der Waals surface area contributed by atoms with Gasteiger partial charge in [-0.2, -0.15) is 0 Å². The van der Waals surface area contributed by atoms with Crippen molar-refractivity contribution in [1.29, 1.82) is 0 Å². The standard InChI is InChI=1S/C19H11FN2O3/c20-12-5-6-13-16(9-12)21-17(22-18(13)23)14-7-10-3-1-2-4-11(10)8-15(14)19(24)25/h1-9H,(H,24,25)(H,21,22,23). The van der Waals surface area contributed by atoms with E-state index in [1.807, 2.05) is 18.2 Å². The number of carbonyl (C=O) groups is 1. The van der Waals surface area contributed by atoms with Gasteiger partial charge in [-0.05, 0) is 35.0 Å². The molecule has 1 heterocycles. The van der Waals surface area contributed by atoms with Crippen molar-refractivity contribution in [1.82, 2.24) is 9.97 Å². The smallest absolute Gasteiger partial charge is 0.336 e. The number of aromatic carboxylic acids is 1. The highest BCUT2D eigenvalue weighted by Gasteiger charge is 2.16. The number of nitrogens with one attached hydrogen (secondary N) is 1. The highest BCUT2D eigenvalue weighted by Crippen LogP contribution is 2.27. The van der Waals surface area contributed by atoms with Crippen LogP contribution >= 0.6 is 0 Å². The highest BCUT2D eigenvalue weighted by molar-refractivity contribution is 6.01. The van der Waals surface area contributed by atoms with Crippen LogP contribution in [0.2, 0.25) is 0 Å². The molecule has 0 spiro atoms. The molecule has 0 radical (unpaired) electrons. The molecule has 4 aromatic rings. The summed E-state index contributed by atoms with van der Waals surface area (Å²) in [5.74, 6) is -1.57. The zero-order valence-corrected chi connectivity index (χ0v) is 12.8. The molecule has 1 aromatic heterocycles. The lowest BCUT2D eigenvalue weighted by molar-refractivity contribution is 0.0698. The molecule has 122 valence electrons. The molecule has 0 amide bonds. The lowest BCUT2D eigenvalue weighted by atomic mass is 10.00. The molecule has 0 unspecified atom stereocenters. The van der Waals surface area contributed by atoms with Crippen molar-refractivity contribution < 1.29 is 14.3 Å². The van der Waals surface area contributed by atoms with E-state index in [0.29, 0.717) is 0 Å². The number of nitrogens with zero attached hydrogens (tertiary/aromatic N) is 1. The van der Waals surface area contributed by atoms with E-state index in [1.165, 1.54) is 18.2 Å². The summed E-state index contributed by atoms with van der Waals surface area (Å²) in [6.45, 7) is 0. The fourth-order valence-corrected chi connectivity index (χ4v) is 2.85. The Morgan fingerprint density at radius 1 is 1.04 bits per heavy atom. The van der Waals surface area contributed by atoms with Crippen LogP contribution in [-0.2, 0) is 0 Å². The van der Waals surface area contributed by atoms with Gasteiger partial charge in [0.25, 0.3) is 5.56 Å². The fraction of sp³-hybridized carbons (Fsp3) is 0. The number of carboxylic acids is 1. The third-order valence-electron chi connectivity index (χ3n) is 4.04. The fourth-order valence-electron chi connectivity index (χ4n) is 2.85. The van der Waals surface area contributed by atoms with Crippen LogP contribution in [0, 0.1) is 5.82 Å². The maximum Gasteiger partial charge on any atom is 0.336 e. The van der Waals surface area contributed by atoms with E-state index in [9.17, 15) is 19.1 Å². The summed E-state index contributed by atoms with van der Waals surface area (Å²) in [4.78, 5) is 30.8. The molecular weight excluding hydrogens is 323 g/mol. The largest absolute Gasteiger partial charge is 0.478 e.